The van der Waals surface area contributed by atoms with Crippen LogP contribution in [0.25, 0.3) is 0 Å². The Morgan fingerprint density at radius 3 is 2.38 bits per heavy atom. The van der Waals surface area contributed by atoms with Gasteiger partial charge >= 0.3 is 6.61 Å². The Balaban J connectivity index is 1.91. The molecular formula is C15H21BrF2N2O. The van der Waals surface area contributed by atoms with Gasteiger partial charge in [-0.05, 0) is 47.5 Å². The second kappa shape index (κ2) is 7.51. The lowest BCUT2D eigenvalue weighted by Crippen LogP contribution is -2.48. The van der Waals surface area contributed by atoms with Gasteiger partial charge in [-0.15, -0.1) is 0 Å². The Kier molecular flexibility index (Phi) is 5.96. The van der Waals surface area contributed by atoms with Crippen LogP contribution < -0.4 is 4.74 Å². The number of halogens is 3. The van der Waals surface area contributed by atoms with Gasteiger partial charge in [-0.3, -0.25) is 9.80 Å². The molecule has 1 aromatic rings. The van der Waals surface area contributed by atoms with Gasteiger partial charge in [-0.25, -0.2) is 0 Å². The van der Waals surface area contributed by atoms with Gasteiger partial charge in [0.1, 0.15) is 5.75 Å². The highest BCUT2D eigenvalue weighted by Crippen LogP contribution is 2.28. The van der Waals surface area contributed by atoms with Crippen LogP contribution in [0.3, 0.4) is 0 Å². The molecule has 1 saturated heterocycles. The maximum atomic E-state index is 12.2. The van der Waals surface area contributed by atoms with Gasteiger partial charge in [0, 0.05) is 38.8 Å². The summed E-state index contributed by atoms with van der Waals surface area (Å²) in [5.74, 6) is 0.179. The molecule has 1 fully saturated rings. The number of alkyl halides is 2. The van der Waals surface area contributed by atoms with Crippen LogP contribution in [-0.2, 0) is 6.54 Å². The second-order valence-electron chi connectivity index (χ2n) is 5.55. The Bertz CT molecular complexity index is 463. The minimum absolute atomic E-state index is 0.179. The Morgan fingerprint density at radius 2 is 1.86 bits per heavy atom. The Hall–Kier alpha value is -0.720. The zero-order chi connectivity index (χ0) is 15.4. The first-order valence-corrected chi connectivity index (χ1v) is 7.94. The van der Waals surface area contributed by atoms with Gasteiger partial charge < -0.3 is 4.74 Å². The number of piperazine rings is 1. The van der Waals surface area contributed by atoms with Gasteiger partial charge in [0.2, 0.25) is 0 Å². The molecule has 2 rings (SSSR count). The molecule has 6 heteroatoms. The lowest BCUT2D eigenvalue weighted by molar-refractivity contribution is -0.0503. The van der Waals surface area contributed by atoms with Crippen LogP contribution >= 0.6 is 15.9 Å². The fraction of sp³-hybridized carbons (Fsp3) is 0.600. The van der Waals surface area contributed by atoms with E-state index in [9.17, 15) is 8.78 Å². The first kappa shape index (κ1) is 16.6. The highest BCUT2D eigenvalue weighted by Gasteiger charge is 2.19. The van der Waals surface area contributed by atoms with E-state index in [1.165, 1.54) is 0 Å². The summed E-state index contributed by atoms with van der Waals surface area (Å²) < 4.78 is 29.4. The molecule has 0 aromatic heterocycles. The van der Waals surface area contributed by atoms with E-state index in [1.807, 2.05) is 12.1 Å². The summed E-state index contributed by atoms with van der Waals surface area (Å²) in [5, 5.41) is 0. The second-order valence-corrected chi connectivity index (χ2v) is 6.40. The molecule has 0 unspecified atom stereocenters. The summed E-state index contributed by atoms with van der Waals surface area (Å²) in [6.07, 6.45) is 0. The van der Waals surface area contributed by atoms with E-state index in [2.05, 4.69) is 44.3 Å². The third-order valence-corrected chi connectivity index (χ3v) is 4.38. The van der Waals surface area contributed by atoms with Crippen LogP contribution in [0.5, 0.6) is 5.75 Å². The van der Waals surface area contributed by atoms with Crippen molar-refractivity contribution in [3.05, 3.63) is 28.2 Å². The fourth-order valence-electron chi connectivity index (χ4n) is 2.53. The molecule has 0 radical (unpaired) electrons. The van der Waals surface area contributed by atoms with E-state index in [0.29, 0.717) is 10.5 Å². The first-order valence-electron chi connectivity index (χ1n) is 7.15. The quantitative estimate of drug-likeness (QED) is 0.796. The molecule has 0 saturated carbocycles. The maximum Gasteiger partial charge on any atom is 0.387 e. The molecule has 0 N–H and O–H groups in total. The Morgan fingerprint density at radius 1 is 1.19 bits per heavy atom. The summed E-state index contributed by atoms with van der Waals surface area (Å²) in [6, 6.07) is 5.88. The number of hydrogen-bond acceptors (Lipinski definition) is 3. The molecule has 21 heavy (non-hydrogen) atoms. The van der Waals surface area contributed by atoms with Crippen LogP contribution in [0.1, 0.15) is 19.4 Å². The summed E-state index contributed by atoms with van der Waals surface area (Å²) in [7, 11) is 0. The minimum Gasteiger partial charge on any atom is -0.434 e. The van der Waals surface area contributed by atoms with Gasteiger partial charge in [0.15, 0.2) is 0 Å². The lowest BCUT2D eigenvalue weighted by Gasteiger charge is -2.37. The molecule has 0 atom stereocenters. The molecule has 1 heterocycles. The third-order valence-electron chi connectivity index (χ3n) is 3.76. The molecule has 1 aliphatic heterocycles. The Labute approximate surface area is 133 Å². The van der Waals surface area contributed by atoms with Crippen molar-refractivity contribution >= 4 is 15.9 Å². The number of ether oxygens (including phenoxy) is 1. The molecule has 1 aliphatic rings. The van der Waals surface area contributed by atoms with Gasteiger partial charge in [0.25, 0.3) is 0 Å². The molecule has 0 aliphatic carbocycles. The average Bonchev–Trinajstić information content (AvgIpc) is 2.42. The molecule has 0 spiro atoms. The average molecular weight is 363 g/mol. The monoisotopic (exact) mass is 362 g/mol. The standard InChI is InChI=1S/C15H21BrF2N2O/c1-11(2)20-7-5-19(6-8-20)10-12-3-4-14(13(16)9-12)21-15(17)18/h3-4,9,11,15H,5-8,10H2,1-2H3. The lowest BCUT2D eigenvalue weighted by atomic mass is 10.2. The van der Waals surface area contributed by atoms with Crippen LogP contribution in [0.4, 0.5) is 8.78 Å². The molecule has 0 amide bonds. The van der Waals surface area contributed by atoms with Gasteiger partial charge in [-0.1, -0.05) is 6.07 Å². The molecule has 0 bridgehead atoms. The number of hydrogen-bond donors (Lipinski definition) is 0. The van der Waals surface area contributed by atoms with Crippen molar-refractivity contribution in [2.75, 3.05) is 26.2 Å². The van der Waals surface area contributed by atoms with Crippen LogP contribution in [-0.4, -0.2) is 48.6 Å². The summed E-state index contributed by atoms with van der Waals surface area (Å²) in [4.78, 5) is 4.85. The molecular weight excluding hydrogens is 342 g/mol. The molecule has 1 aromatic carbocycles. The zero-order valence-corrected chi connectivity index (χ0v) is 13.9. The minimum atomic E-state index is -2.80. The van der Waals surface area contributed by atoms with Crippen molar-refractivity contribution in [2.24, 2.45) is 0 Å². The van der Waals surface area contributed by atoms with Crippen LogP contribution in [0, 0.1) is 0 Å². The van der Waals surface area contributed by atoms with Crippen molar-refractivity contribution in [3.63, 3.8) is 0 Å². The molecule has 3 nitrogen and oxygen atoms in total. The SMILES string of the molecule is CC(C)N1CCN(Cc2ccc(OC(F)F)c(Br)c2)CC1. The van der Waals surface area contributed by atoms with E-state index in [0.717, 1.165) is 38.3 Å². The topological polar surface area (TPSA) is 15.7 Å². The van der Waals surface area contributed by atoms with E-state index < -0.39 is 6.61 Å². The number of rotatable bonds is 5. The van der Waals surface area contributed by atoms with E-state index in [-0.39, 0.29) is 5.75 Å². The van der Waals surface area contributed by atoms with Crippen molar-refractivity contribution in [3.8, 4) is 5.75 Å². The summed E-state index contributed by atoms with van der Waals surface area (Å²) in [5.41, 5.74) is 1.10. The van der Waals surface area contributed by atoms with Crippen molar-refractivity contribution < 1.29 is 13.5 Å². The van der Waals surface area contributed by atoms with Crippen molar-refractivity contribution in [2.45, 2.75) is 33.0 Å². The predicted molar refractivity (Wildman–Crippen MR) is 82.8 cm³/mol. The highest BCUT2D eigenvalue weighted by molar-refractivity contribution is 9.10. The third kappa shape index (κ3) is 4.90. The van der Waals surface area contributed by atoms with E-state index in [4.69, 9.17) is 0 Å². The van der Waals surface area contributed by atoms with E-state index >= 15 is 0 Å². The van der Waals surface area contributed by atoms with Gasteiger partial charge in [-0.2, -0.15) is 8.78 Å². The van der Waals surface area contributed by atoms with Crippen molar-refractivity contribution in [1.29, 1.82) is 0 Å². The van der Waals surface area contributed by atoms with Gasteiger partial charge in [0.05, 0.1) is 4.47 Å². The summed E-state index contributed by atoms with van der Waals surface area (Å²) >= 11 is 3.28. The highest BCUT2D eigenvalue weighted by atomic mass is 79.9. The van der Waals surface area contributed by atoms with Crippen molar-refractivity contribution in [1.82, 2.24) is 9.80 Å². The first-order chi connectivity index (χ1) is 9.95. The van der Waals surface area contributed by atoms with Crippen LogP contribution in [0.15, 0.2) is 22.7 Å². The zero-order valence-electron chi connectivity index (χ0n) is 12.4. The largest absolute Gasteiger partial charge is 0.434 e. The maximum absolute atomic E-state index is 12.2. The van der Waals surface area contributed by atoms with Crippen LogP contribution in [0.2, 0.25) is 0 Å². The smallest absolute Gasteiger partial charge is 0.387 e. The normalized spacial score (nSPS) is 17.7. The van der Waals surface area contributed by atoms with E-state index in [1.54, 1.807) is 6.07 Å². The summed E-state index contributed by atoms with van der Waals surface area (Å²) in [6.45, 7) is 6.69. The fourth-order valence-corrected chi connectivity index (χ4v) is 3.05. The number of nitrogens with zero attached hydrogens (tertiary/aromatic N) is 2. The predicted octanol–water partition coefficient (Wildman–Crippen LogP) is 3.58. The number of benzene rings is 1. The molecule has 118 valence electrons.